The second kappa shape index (κ2) is 4.38. The van der Waals surface area contributed by atoms with Gasteiger partial charge in [-0.3, -0.25) is 0 Å². The van der Waals surface area contributed by atoms with Crippen molar-refractivity contribution in [1.82, 2.24) is 9.78 Å². The quantitative estimate of drug-likeness (QED) is 0.798. The van der Waals surface area contributed by atoms with Gasteiger partial charge in [0, 0.05) is 6.20 Å². The SMILES string of the molecule is CCc1ccc(-n2cc(C#N)cn2)c(Cl)c1. The largest absolute Gasteiger partial charge is 0.238 e. The minimum absolute atomic E-state index is 0.524. The molecule has 0 aliphatic rings. The fraction of sp³-hybridized carbons (Fsp3) is 0.167. The minimum Gasteiger partial charge on any atom is -0.238 e. The Morgan fingerprint density at radius 2 is 2.31 bits per heavy atom. The van der Waals surface area contributed by atoms with E-state index < -0.39 is 0 Å². The lowest BCUT2D eigenvalue weighted by Crippen LogP contribution is -1.95. The number of hydrogen-bond donors (Lipinski definition) is 0. The van der Waals surface area contributed by atoms with Gasteiger partial charge in [0.15, 0.2) is 0 Å². The van der Waals surface area contributed by atoms with Gasteiger partial charge in [-0.2, -0.15) is 10.4 Å². The molecule has 0 bridgehead atoms. The highest BCUT2D eigenvalue weighted by Gasteiger charge is 2.05. The molecule has 0 atom stereocenters. The van der Waals surface area contributed by atoms with Crippen molar-refractivity contribution in [2.75, 3.05) is 0 Å². The van der Waals surface area contributed by atoms with E-state index in [0.29, 0.717) is 10.6 Å². The minimum atomic E-state index is 0.524. The smallest absolute Gasteiger partial charge is 0.102 e. The van der Waals surface area contributed by atoms with Crippen molar-refractivity contribution >= 4 is 11.6 Å². The molecule has 0 aliphatic carbocycles. The molecular weight excluding hydrogens is 222 g/mol. The van der Waals surface area contributed by atoms with E-state index in [9.17, 15) is 0 Å². The molecular formula is C12H10ClN3. The number of aryl methyl sites for hydroxylation is 1. The lowest BCUT2D eigenvalue weighted by molar-refractivity contribution is 0.879. The summed E-state index contributed by atoms with van der Waals surface area (Å²) in [7, 11) is 0. The third-order valence-corrected chi connectivity index (χ3v) is 2.68. The Labute approximate surface area is 98.9 Å². The molecule has 1 aromatic heterocycles. The summed E-state index contributed by atoms with van der Waals surface area (Å²) >= 11 is 6.15. The first-order valence-electron chi connectivity index (χ1n) is 4.98. The van der Waals surface area contributed by atoms with Crippen molar-refractivity contribution in [2.45, 2.75) is 13.3 Å². The van der Waals surface area contributed by atoms with Gasteiger partial charge in [0.1, 0.15) is 6.07 Å². The molecule has 0 amide bonds. The van der Waals surface area contributed by atoms with Gasteiger partial charge >= 0.3 is 0 Å². The Bertz CT molecular complexity index is 552. The molecule has 0 spiro atoms. The molecule has 3 nitrogen and oxygen atoms in total. The van der Waals surface area contributed by atoms with Crippen molar-refractivity contribution in [1.29, 1.82) is 5.26 Å². The summed E-state index contributed by atoms with van der Waals surface area (Å²) in [5.74, 6) is 0. The van der Waals surface area contributed by atoms with E-state index in [1.165, 1.54) is 11.8 Å². The van der Waals surface area contributed by atoms with Crippen LogP contribution in [-0.4, -0.2) is 9.78 Å². The molecule has 0 radical (unpaired) electrons. The highest BCUT2D eigenvalue weighted by atomic mass is 35.5. The molecule has 0 unspecified atom stereocenters. The molecule has 2 rings (SSSR count). The van der Waals surface area contributed by atoms with Crippen LogP contribution in [0.15, 0.2) is 30.6 Å². The van der Waals surface area contributed by atoms with Crippen LogP contribution in [0.4, 0.5) is 0 Å². The Kier molecular flexibility index (Phi) is 2.93. The van der Waals surface area contributed by atoms with E-state index in [2.05, 4.69) is 12.0 Å². The van der Waals surface area contributed by atoms with E-state index in [1.807, 2.05) is 24.3 Å². The summed E-state index contributed by atoms with van der Waals surface area (Å²) in [6.07, 6.45) is 4.12. The molecule has 1 aromatic carbocycles. The van der Waals surface area contributed by atoms with Crippen LogP contribution in [0, 0.1) is 11.3 Å². The summed E-state index contributed by atoms with van der Waals surface area (Å²) in [5, 5.41) is 13.4. The second-order valence-corrected chi connectivity index (χ2v) is 3.83. The fourth-order valence-electron chi connectivity index (χ4n) is 1.47. The number of hydrogen-bond acceptors (Lipinski definition) is 2. The Morgan fingerprint density at radius 3 is 2.88 bits per heavy atom. The molecule has 0 aliphatic heterocycles. The number of halogens is 1. The molecule has 0 N–H and O–H groups in total. The van der Waals surface area contributed by atoms with Gasteiger partial charge < -0.3 is 0 Å². The van der Waals surface area contributed by atoms with Crippen molar-refractivity contribution in [2.24, 2.45) is 0 Å². The number of nitrogens with zero attached hydrogens (tertiary/aromatic N) is 3. The summed E-state index contributed by atoms with van der Waals surface area (Å²) in [5.41, 5.74) is 2.50. The molecule has 0 fully saturated rings. The van der Waals surface area contributed by atoms with Crippen LogP contribution >= 0.6 is 11.6 Å². The molecule has 2 aromatic rings. The van der Waals surface area contributed by atoms with Crippen LogP contribution in [0.2, 0.25) is 5.02 Å². The zero-order valence-corrected chi connectivity index (χ0v) is 9.57. The first kappa shape index (κ1) is 10.7. The molecule has 80 valence electrons. The lowest BCUT2D eigenvalue weighted by atomic mass is 10.1. The maximum atomic E-state index is 8.71. The highest BCUT2D eigenvalue weighted by Crippen LogP contribution is 2.21. The van der Waals surface area contributed by atoms with Crippen molar-refractivity contribution in [3.63, 3.8) is 0 Å². The third kappa shape index (κ3) is 1.93. The number of benzene rings is 1. The van der Waals surface area contributed by atoms with Crippen molar-refractivity contribution in [3.05, 3.63) is 46.7 Å². The summed E-state index contributed by atoms with van der Waals surface area (Å²) in [4.78, 5) is 0. The summed E-state index contributed by atoms with van der Waals surface area (Å²) < 4.78 is 1.61. The second-order valence-electron chi connectivity index (χ2n) is 3.42. The van der Waals surface area contributed by atoms with Crippen LogP contribution in [0.25, 0.3) is 5.69 Å². The summed E-state index contributed by atoms with van der Waals surface area (Å²) in [6, 6.07) is 7.87. The van der Waals surface area contributed by atoms with E-state index in [0.717, 1.165) is 12.1 Å². The maximum absolute atomic E-state index is 8.71. The molecule has 0 saturated heterocycles. The zero-order valence-electron chi connectivity index (χ0n) is 8.81. The first-order chi connectivity index (χ1) is 7.74. The highest BCUT2D eigenvalue weighted by molar-refractivity contribution is 6.32. The van der Waals surface area contributed by atoms with Crippen molar-refractivity contribution < 1.29 is 0 Å². The topological polar surface area (TPSA) is 41.6 Å². The Balaban J connectivity index is 2.45. The molecule has 16 heavy (non-hydrogen) atoms. The lowest BCUT2D eigenvalue weighted by Gasteiger charge is -2.05. The number of nitriles is 1. The molecule has 1 heterocycles. The van der Waals surface area contributed by atoms with E-state index in [1.54, 1.807) is 10.9 Å². The third-order valence-electron chi connectivity index (χ3n) is 2.38. The van der Waals surface area contributed by atoms with Gasteiger partial charge in [-0.25, -0.2) is 4.68 Å². The average molecular weight is 232 g/mol. The van der Waals surface area contributed by atoms with Gasteiger partial charge in [-0.1, -0.05) is 24.6 Å². The van der Waals surface area contributed by atoms with Crippen molar-refractivity contribution in [3.8, 4) is 11.8 Å². The average Bonchev–Trinajstić information content (AvgIpc) is 2.77. The van der Waals surface area contributed by atoms with Gasteiger partial charge in [0.2, 0.25) is 0 Å². The van der Waals surface area contributed by atoms with Gasteiger partial charge in [-0.15, -0.1) is 0 Å². The van der Waals surface area contributed by atoms with E-state index in [-0.39, 0.29) is 0 Å². The number of rotatable bonds is 2. The van der Waals surface area contributed by atoms with Crippen LogP contribution in [0.3, 0.4) is 0 Å². The van der Waals surface area contributed by atoms with Crippen LogP contribution in [-0.2, 0) is 6.42 Å². The summed E-state index contributed by atoms with van der Waals surface area (Å²) in [6.45, 7) is 2.08. The maximum Gasteiger partial charge on any atom is 0.102 e. The van der Waals surface area contributed by atoms with E-state index in [4.69, 9.17) is 16.9 Å². The fourth-order valence-corrected chi connectivity index (χ4v) is 1.76. The monoisotopic (exact) mass is 231 g/mol. The Hall–Kier alpha value is -1.79. The predicted octanol–water partition coefficient (Wildman–Crippen LogP) is 2.96. The standard InChI is InChI=1S/C12H10ClN3/c1-2-9-3-4-12(11(13)5-9)16-8-10(6-14)7-15-16/h3-5,7-8H,2H2,1H3. The van der Waals surface area contributed by atoms with Gasteiger partial charge in [-0.05, 0) is 24.1 Å². The van der Waals surface area contributed by atoms with Crippen LogP contribution in [0.1, 0.15) is 18.1 Å². The number of aromatic nitrogens is 2. The van der Waals surface area contributed by atoms with Gasteiger partial charge in [0.25, 0.3) is 0 Å². The predicted molar refractivity (Wildman–Crippen MR) is 62.7 cm³/mol. The molecule has 0 saturated carbocycles. The molecule has 4 heteroatoms. The van der Waals surface area contributed by atoms with Crippen LogP contribution in [0.5, 0.6) is 0 Å². The Morgan fingerprint density at radius 1 is 1.50 bits per heavy atom. The van der Waals surface area contributed by atoms with Gasteiger partial charge in [0.05, 0.1) is 22.5 Å². The normalized spacial score (nSPS) is 10.1. The first-order valence-corrected chi connectivity index (χ1v) is 5.36. The van der Waals surface area contributed by atoms with Crippen LogP contribution < -0.4 is 0 Å². The van der Waals surface area contributed by atoms with E-state index >= 15 is 0 Å². The zero-order chi connectivity index (χ0) is 11.5.